The fourth-order valence-electron chi connectivity index (χ4n) is 3.72. The van der Waals surface area contributed by atoms with Crippen LogP contribution < -0.4 is 16.8 Å². The lowest BCUT2D eigenvalue weighted by molar-refractivity contribution is 0.105. The minimum Gasteiger partial charge on any atom is -0.383 e. The first-order chi connectivity index (χ1) is 8.65. The van der Waals surface area contributed by atoms with Crippen molar-refractivity contribution < 1.29 is 0 Å². The van der Waals surface area contributed by atoms with Crippen LogP contribution in [0, 0.1) is 10.8 Å². The number of aromatic nitrogens is 2. The fraction of sp³-hybridized carbons (Fsp3) is 0.714. The van der Waals surface area contributed by atoms with E-state index in [-0.39, 0.29) is 5.95 Å². The molecule has 1 aromatic heterocycles. The van der Waals surface area contributed by atoms with Gasteiger partial charge in [0.05, 0.1) is 0 Å². The molecule has 1 saturated carbocycles. The number of nitrogens with two attached hydrogens (primary N) is 2. The third kappa shape index (κ3) is 3.72. The molecule has 0 radical (unpaired) electrons. The van der Waals surface area contributed by atoms with E-state index in [1.807, 2.05) is 0 Å². The van der Waals surface area contributed by atoms with E-state index in [0.717, 1.165) is 18.7 Å². The van der Waals surface area contributed by atoms with Crippen LogP contribution in [0.2, 0.25) is 0 Å². The van der Waals surface area contributed by atoms with Gasteiger partial charge in [0.1, 0.15) is 11.6 Å². The summed E-state index contributed by atoms with van der Waals surface area (Å²) in [5, 5.41) is 3.46. The molecular weight excluding hydrogens is 238 g/mol. The highest BCUT2D eigenvalue weighted by Crippen LogP contribution is 2.46. The molecule has 0 saturated heterocycles. The van der Waals surface area contributed by atoms with Gasteiger partial charge < -0.3 is 16.8 Å². The molecule has 106 valence electrons. The first-order valence-corrected chi connectivity index (χ1v) is 6.82. The summed E-state index contributed by atoms with van der Waals surface area (Å²) in [6.45, 7) is 9.30. The van der Waals surface area contributed by atoms with Crippen LogP contribution in [0.3, 0.4) is 0 Å². The van der Waals surface area contributed by atoms with Crippen molar-refractivity contribution in [1.29, 1.82) is 0 Å². The van der Waals surface area contributed by atoms with Crippen LogP contribution in [-0.2, 0) is 0 Å². The summed E-state index contributed by atoms with van der Waals surface area (Å²) in [7, 11) is 0. The maximum atomic E-state index is 5.70. The molecule has 0 spiro atoms. The molecule has 0 aliphatic heterocycles. The normalized spacial score (nSPS) is 22.1. The summed E-state index contributed by atoms with van der Waals surface area (Å²) in [5.41, 5.74) is 12.0. The first-order valence-electron chi connectivity index (χ1n) is 6.82. The van der Waals surface area contributed by atoms with Crippen LogP contribution in [-0.4, -0.2) is 16.0 Å². The summed E-state index contributed by atoms with van der Waals surface area (Å²) in [4.78, 5) is 8.09. The number of nitrogens with one attached hydrogen (secondary N) is 1. The molecule has 1 aliphatic rings. The van der Waals surface area contributed by atoms with Crippen LogP contribution in [0.5, 0.6) is 0 Å². The molecule has 0 bridgehead atoms. The predicted molar refractivity (Wildman–Crippen MR) is 79.7 cm³/mol. The molecule has 0 unspecified atom stereocenters. The van der Waals surface area contributed by atoms with E-state index in [1.165, 1.54) is 6.42 Å². The van der Waals surface area contributed by atoms with Crippen LogP contribution in [0.15, 0.2) is 6.07 Å². The van der Waals surface area contributed by atoms with E-state index >= 15 is 0 Å². The van der Waals surface area contributed by atoms with Crippen molar-refractivity contribution in [1.82, 2.24) is 9.97 Å². The predicted octanol–water partition coefficient (Wildman–Crippen LogP) is 2.66. The highest BCUT2D eigenvalue weighted by atomic mass is 15.1. The summed E-state index contributed by atoms with van der Waals surface area (Å²) in [6, 6.07) is 2.14. The second kappa shape index (κ2) is 4.54. The van der Waals surface area contributed by atoms with Crippen LogP contribution >= 0.6 is 0 Å². The zero-order chi connectivity index (χ0) is 14.3. The van der Waals surface area contributed by atoms with E-state index in [4.69, 9.17) is 11.5 Å². The second-order valence-corrected chi connectivity index (χ2v) is 7.29. The maximum absolute atomic E-state index is 5.70. The van der Waals surface area contributed by atoms with Gasteiger partial charge in [-0.25, -0.2) is 0 Å². The molecule has 1 heterocycles. The topological polar surface area (TPSA) is 89.8 Å². The van der Waals surface area contributed by atoms with Crippen LogP contribution in [0.4, 0.5) is 17.6 Å². The molecule has 5 heteroatoms. The highest BCUT2D eigenvalue weighted by molar-refractivity contribution is 5.49. The third-order valence-electron chi connectivity index (χ3n) is 3.67. The molecule has 0 amide bonds. The van der Waals surface area contributed by atoms with Gasteiger partial charge in [-0.15, -0.1) is 0 Å². The van der Waals surface area contributed by atoms with Gasteiger partial charge in [0.15, 0.2) is 0 Å². The van der Waals surface area contributed by atoms with Gasteiger partial charge in [0, 0.05) is 12.1 Å². The highest BCUT2D eigenvalue weighted by Gasteiger charge is 2.38. The van der Waals surface area contributed by atoms with E-state index in [9.17, 15) is 0 Å². The molecule has 2 rings (SSSR count). The van der Waals surface area contributed by atoms with E-state index in [2.05, 4.69) is 43.0 Å². The minimum atomic E-state index is 0.219. The summed E-state index contributed by atoms with van der Waals surface area (Å²) < 4.78 is 0. The second-order valence-electron chi connectivity index (χ2n) is 7.29. The molecule has 0 atom stereocenters. The van der Waals surface area contributed by atoms with Gasteiger partial charge in [0.25, 0.3) is 0 Å². The number of hydrogen-bond acceptors (Lipinski definition) is 5. The molecule has 1 fully saturated rings. The Balaban J connectivity index is 2.14. The fourth-order valence-corrected chi connectivity index (χ4v) is 3.72. The Morgan fingerprint density at radius 1 is 1.11 bits per heavy atom. The van der Waals surface area contributed by atoms with Gasteiger partial charge in [-0.2, -0.15) is 9.97 Å². The SMILES string of the molecule is CC1(C)CC(Nc2cc(N)nc(N)n2)CC(C)(C)C1. The molecule has 19 heavy (non-hydrogen) atoms. The molecule has 1 aliphatic carbocycles. The van der Waals surface area contributed by atoms with E-state index < -0.39 is 0 Å². The Hall–Kier alpha value is -1.52. The average molecular weight is 263 g/mol. The van der Waals surface area contributed by atoms with Crippen LogP contribution in [0.25, 0.3) is 0 Å². The van der Waals surface area contributed by atoms with Crippen molar-refractivity contribution in [3.8, 4) is 0 Å². The minimum absolute atomic E-state index is 0.219. The molecule has 5 N–H and O–H groups in total. The standard InChI is InChI=1S/C14H25N5/c1-13(2)6-9(7-14(3,4)8-13)17-11-5-10(15)18-12(16)19-11/h5,9H,6-8H2,1-4H3,(H5,15,16,17,18,19). The Morgan fingerprint density at radius 3 is 2.21 bits per heavy atom. The number of anilines is 3. The van der Waals surface area contributed by atoms with Gasteiger partial charge in [-0.05, 0) is 30.1 Å². The smallest absolute Gasteiger partial charge is 0.223 e. The molecule has 1 aromatic rings. The van der Waals surface area contributed by atoms with Crippen molar-refractivity contribution in [2.75, 3.05) is 16.8 Å². The Kier molecular flexibility index (Phi) is 3.32. The third-order valence-corrected chi connectivity index (χ3v) is 3.67. The lowest BCUT2D eigenvalue weighted by Gasteiger charge is -2.45. The number of rotatable bonds is 2. The van der Waals surface area contributed by atoms with Crippen molar-refractivity contribution in [2.24, 2.45) is 10.8 Å². The lowest BCUT2D eigenvalue weighted by atomic mass is 9.63. The van der Waals surface area contributed by atoms with E-state index in [1.54, 1.807) is 6.07 Å². The monoisotopic (exact) mass is 263 g/mol. The van der Waals surface area contributed by atoms with E-state index in [0.29, 0.717) is 22.7 Å². The quantitative estimate of drug-likeness (QED) is 0.763. The first kappa shape index (κ1) is 13.9. The van der Waals surface area contributed by atoms with Gasteiger partial charge in [-0.1, -0.05) is 27.7 Å². The lowest BCUT2D eigenvalue weighted by Crippen LogP contribution is -2.40. The van der Waals surface area contributed by atoms with Gasteiger partial charge in [0.2, 0.25) is 5.95 Å². The zero-order valence-electron chi connectivity index (χ0n) is 12.3. The molecule has 5 nitrogen and oxygen atoms in total. The van der Waals surface area contributed by atoms with Crippen LogP contribution in [0.1, 0.15) is 47.0 Å². The number of nitrogens with zero attached hydrogens (tertiary/aromatic N) is 2. The number of hydrogen-bond donors (Lipinski definition) is 3. The molecule has 0 aromatic carbocycles. The zero-order valence-corrected chi connectivity index (χ0v) is 12.3. The van der Waals surface area contributed by atoms with Crippen molar-refractivity contribution >= 4 is 17.6 Å². The average Bonchev–Trinajstić information content (AvgIpc) is 2.08. The van der Waals surface area contributed by atoms with Gasteiger partial charge in [-0.3, -0.25) is 0 Å². The number of nitrogen functional groups attached to an aromatic ring is 2. The largest absolute Gasteiger partial charge is 0.383 e. The molecular formula is C14H25N5. The van der Waals surface area contributed by atoms with Crippen molar-refractivity contribution in [2.45, 2.75) is 53.0 Å². The Bertz CT molecular complexity index is 431. The maximum Gasteiger partial charge on any atom is 0.223 e. The van der Waals surface area contributed by atoms with Gasteiger partial charge >= 0.3 is 0 Å². The van der Waals surface area contributed by atoms with Crippen molar-refractivity contribution in [3.63, 3.8) is 0 Å². The summed E-state index contributed by atoms with van der Waals surface area (Å²) in [5.74, 6) is 1.35. The summed E-state index contributed by atoms with van der Waals surface area (Å²) >= 11 is 0. The summed E-state index contributed by atoms with van der Waals surface area (Å²) in [6.07, 6.45) is 3.49. The Morgan fingerprint density at radius 2 is 1.68 bits per heavy atom. The Labute approximate surface area is 115 Å². The van der Waals surface area contributed by atoms with Crippen molar-refractivity contribution in [3.05, 3.63) is 6.07 Å².